The van der Waals surface area contributed by atoms with Gasteiger partial charge in [-0.25, -0.2) is 0 Å². The summed E-state index contributed by atoms with van der Waals surface area (Å²) in [6.45, 7) is 2.04. The molecule has 33 heavy (non-hydrogen) atoms. The molecule has 0 spiro atoms. The fraction of sp³-hybridized carbons (Fsp3) is 0.192. The van der Waals surface area contributed by atoms with Gasteiger partial charge in [-0.05, 0) is 66.1 Å². The Morgan fingerprint density at radius 3 is 2.30 bits per heavy atom. The summed E-state index contributed by atoms with van der Waals surface area (Å²) in [4.78, 5) is 31.8. The number of aliphatic hydroxyl groups excluding tert-OH is 1. The van der Waals surface area contributed by atoms with Gasteiger partial charge in [0.05, 0.1) is 25.8 Å². The quantitative estimate of drug-likeness (QED) is 0.351. The van der Waals surface area contributed by atoms with Crippen molar-refractivity contribution >= 4 is 17.4 Å². The number of hydrogen-bond donors (Lipinski definition) is 1. The van der Waals surface area contributed by atoms with E-state index in [4.69, 9.17) is 9.47 Å². The van der Waals surface area contributed by atoms with Crippen molar-refractivity contribution in [2.24, 2.45) is 0 Å². The Bertz CT molecular complexity index is 1220. The van der Waals surface area contributed by atoms with Crippen molar-refractivity contribution in [1.29, 1.82) is 0 Å². The lowest BCUT2D eigenvalue weighted by Gasteiger charge is -2.25. The number of methoxy groups -OCH3 is 2. The number of rotatable bonds is 6. The minimum absolute atomic E-state index is 0.0456. The first-order valence-electron chi connectivity index (χ1n) is 10.4. The molecular weight excluding hydrogens is 420 g/mol. The van der Waals surface area contributed by atoms with Gasteiger partial charge >= 0.3 is 0 Å². The zero-order valence-electron chi connectivity index (χ0n) is 18.6. The number of ketones is 1. The third-order valence-electron chi connectivity index (χ3n) is 5.74. The third kappa shape index (κ3) is 4.17. The van der Waals surface area contributed by atoms with Crippen LogP contribution in [-0.4, -0.2) is 40.9 Å². The van der Waals surface area contributed by atoms with Crippen molar-refractivity contribution in [2.45, 2.75) is 19.5 Å². The van der Waals surface area contributed by atoms with E-state index in [0.29, 0.717) is 22.6 Å². The van der Waals surface area contributed by atoms with E-state index in [9.17, 15) is 14.7 Å². The van der Waals surface area contributed by atoms with Crippen LogP contribution >= 0.6 is 0 Å². The summed E-state index contributed by atoms with van der Waals surface area (Å²) >= 11 is 0. The second-order valence-corrected chi connectivity index (χ2v) is 7.74. The van der Waals surface area contributed by atoms with E-state index >= 15 is 0 Å². The molecule has 0 saturated carbocycles. The number of aryl methyl sites for hydroxylation is 1. The zero-order chi connectivity index (χ0) is 23.5. The van der Waals surface area contributed by atoms with E-state index in [0.717, 1.165) is 11.1 Å². The average Bonchev–Trinajstić information content (AvgIpc) is 3.09. The fourth-order valence-electron chi connectivity index (χ4n) is 4.04. The molecule has 0 bridgehead atoms. The SMILES string of the molecule is COc1ccc(CN2C(=O)C(=O)/C(=C(\O)c3ccc(OC)c(C)c3)C2c2ccncc2)cc1. The van der Waals surface area contributed by atoms with Gasteiger partial charge in [0, 0.05) is 24.5 Å². The molecule has 4 rings (SSSR count). The number of ether oxygens (including phenoxy) is 2. The average molecular weight is 444 g/mol. The molecule has 1 unspecified atom stereocenters. The first-order valence-corrected chi connectivity index (χ1v) is 10.4. The fourth-order valence-corrected chi connectivity index (χ4v) is 4.04. The molecular formula is C26H24N2O5. The molecule has 1 aliphatic heterocycles. The molecule has 7 heteroatoms. The number of Topliss-reactive ketones (excluding diaryl/α,β-unsaturated/α-hetero) is 1. The van der Waals surface area contributed by atoms with Crippen LogP contribution in [0.2, 0.25) is 0 Å². The first kappa shape index (κ1) is 22.1. The summed E-state index contributed by atoms with van der Waals surface area (Å²) in [6, 6.07) is 15.1. The number of likely N-dealkylation sites (tertiary alicyclic amines) is 1. The van der Waals surface area contributed by atoms with Crippen molar-refractivity contribution < 1.29 is 24.2 Å². The van der Waals surface area contributed by atoms with Crippen LogP contribution in [0, 0.1) is 6.92 Å². The molecule has 1 aromatic heterocycles. The molecule has 1 amide bonds. The smallest absolute Gasteiger partial charge is 0.295 e. The number of amides is 1. The largest absolute Gasteiger partial charge is 0.507 e. The maximum absolute atomic E-state index is 13.1. The van der Waals surface area contributed by atoms with Crippen LogP contribution in [0.5, 0.6) is 11.5 Å². The Kier molecular flexibility index (Phi) is 6.13. The Morgan fingerprint density at radius 1 is 1.00 bits per heavy atom. The first-order chi connectivity index (χ1) is 15.9. The number of aromatic nitrogens is 1. The molecule has 7 nitrogen and oxygen atoms in total. The Hall–Kier alpha value is -4.13. The zero-order valence-corrected chi connectivity index (χ0v) is 18.6. The Morgan fingerprint density at radius 2 is 1.70 bits per heavy atom. The van der Waals surface area contributed by atoms with Crippen molar-refractivity contribution in [1.82, 2.24) is 9.88 Å². The van der Waals surface area contributed by atoms with Gasteiger partial charge in [0.15, 0.2) is 0 Å². The number of benzene rings is 2. The second-order valence-electron chi connectivity index (χ2n) is 7.74. The van der Waals surface area contributed by atoms with Gasteiger partial charge in [-0.1, -0.05) is 12.1 Å². The molecule has 168 valence electrons. The van der Waals surface area contributed by atoms with Crippen LogP contribution in [0.25, 0.3) is 5.76 Å². The monoisotopic (exact) mass is 444 g/mol. The predicted octanol–water partition coefficient (Wildman–Crippen LogP) is 4.03. The van der Waals surface area contributed by atoms with Gasteiger partial charge in [0.25, 0.3) is 11.7 Å². The molecule has 2 heterocycles. The predicted molar refractivity (Wildman–Crippen MR) is 123 cm³/mol. The van der Waals surface area contributed by atoms with Crippen LogP contribution in [0.4, 0.5) is 0 Å². The molecule has 0 radical (unpaired) electrons. The lowest BCUT2D eigenvalue weighted by molar-refractivity contribution is -0.140. The summed E-state index contributed by atoms with van der Waals surface area (Å²) in [6.07, 6.45) is 3.20. The molecule has 3 aromatic rings. The van der Waals surface area contributed by atoms with Crippen LogP contribution in [0.15, 0.2) is 72.6 Å². The van der Waals surface area contributed by atoms with Gasteiger partial charge in [0.1, 0.15) is 17.3 Å². The van der Waals surface area contributed by atoms with Gasteiger partial charge in [-0.3, -0.25) is 14.6 Å². The molecule has 1 saturated heterocycles. The lowest BCUT2D eigenvalue weighted by atomic mass is 9.95. The van der Waals surface area contributed by atoms with Crippen LogP contribution in [0.1, 0.15) is 28.3 Å². The van der Waals surface area contributed by atoms with E-state index in [1.165, 1.54) is 4.90 Å². The molecule has 1 fully saturated rings. The van der Waals surface area contributed by atoms with Crippen molar-refractivity contribution in [3.05, 3.63) is 94.8 Å². The molecule has 1 N–H and O–H groups in total. The maximum atomic E-state index is 13.1. The number of nitrogens with zero attached hydrogens (tertiary/aromatic N) is 2. The molecule has 2 aromatic carbocycles. The topological polar surface area (TPSA) is 89.0 Å². The highest BCUT2D eigenvalue weighted by molar-refractivity contribution is 6.46. The maximum Gasteiger partial charge on any atom is 0.295 e. The van der Waals surface area contributed by atoms with E-state index in [1.54, 1.807) is 69.1 Å². The number of carbonyl (C=O) groups excluding carboxylic acids is 2. The number of carbonyl (C=O) groups is 2. The Labute approximate surface area is 191 Å². The van der Waals surface area contributed by atoms with E-state index in [1.807, 2.05) is 19.1 Å². The standard InChI is InChI=1S/C26H24N2O5/c1-16-14-19(6-9-21(16)33-3)24(29)22-23(18-10-12-27-13-11-18)28(26(31)25(22)30)15-17-4-7-20(32-2)8-5-17/h4-14,23,29H,15H2,1-3H3/b24-22-. The van der Waals surface area contributed by atoms with Gasteiger partial charge in [-0.2, -0.15) is 0 Å². The van der Waals surface area contributed by atoms with Gasteiger partial charge in [-0.15, -0.1) is 0 Å². The van der Waals surface area contributed by atoms with Crippen molar-refractivity contribution in [3.8, 4) is 11.5 Å². The van der Waals surface area contributed by atoms with E-state index in [-0.39, 0.29) is 17.9 Å². The minimum atomic E-state index is -0.752. The van der Waals surface area contributed by atoms with Gasteiger partial charge < -0.3 is 19.5 Å². The van der Waals surface area contributed by atoms with Crippen LogP contribution in [-0.2, 0) is 16.1 Å². The van der Waals surface area contributed by atoms with E-state index in [2.05, 4.69) is 4.98 Å². The number of hydrogen-bond acceptors (Lipinski definition) is 6. The second kappa shape index (κ2) is 9.16. The molecule has 1 aliphatic rings. The number of pyridine rings is 1. The highest BCUT2D eigenvalue weighted by Crippen LogP contribution is 2.40. The minimum Gasteiger partial charge on any atom is -0.507 e. The summed E-state index contributed by atoms with van der Waals surface area (Å²) in [5, 5.41) is 11.2. The third-order valence-corrected chi connectivity index (χ3v) is 5.74. The summed E-state index contributed by atoms with van der Waals surface area (Å²) in [7, 11) is 3.15. The summed E-state index contributed by atoms with van der Waals surface area (Å²) in [5.41, 5.74) is 2.80. The van der Waals surface area contributed by atoms with Crippen molar-refractivity contribution in [2.75, 3.05) is 14.2 Å². The number of aliphatic hydroxyl groups is 1. The Balaban J connectivity index is 1.81. The lowest BCUT2D eigenvalue weighted by Crippen LogP contribution is -2.29. The van der Waals surface area contributed by atoms with E-state index < -0.39 is 17.7 Å². The highest BCUT2D eigenvalue weighted by atomic mass is 16.5. The van der Waals surface area contributed by atoms with Crippen molar-refractivity contribution in [3.63, 3.8) is 0 Å². The molecule has 0 aliphatic carbocycles. The summed E-state index contributed by atoms with van der Waals surface area (Å²) in [5.74, 6) is -0.257. The normalized spacial score (nSPS) is 17.3. The highest BCUT2D eigenvalue weighted by Gasteiger charge is 2.46. The van der Waals surface area contributed by atoms with Crippen LogP contribution < -0.4 is 9.47 Å². The van der Waals surface area contributed by atoms with Gasteiger partial charge in [0.2, 0.25) is 0 Å². The molecule has 1 atom stereocenters. The van der Waals surface area contributed by atoms with Crippen LogP contribution in [0.3, 0.4) is 0 Å². The summed E-state index contributed by atoms with van der Waals surface area (Å²) < 4.78 is 10.5.